The Morgan fingerprint density at radius 3 is 2.62 bits per heavy atom. The number of hydrogen-bond acceptors (Lipinski definition) is 7. The molecule has 178 valence electrons. The van der Waals surface area contributed by atoms with Gasteiger partial charge in [-0.1, -0.05) is 6.07 Å². The Morgan fingerprint density at radius 2 is 1.85 bits per heavy atom. The van der Waals surface area contributed by atoms with E-state index in [2.05, 4.69) is 61.5 Å². The Bertz CT molecular complexity index is 1150. The first kappa shape index (κ1) is 22.3. The highest BCUT2D eigenvalue weighted by Gasteiger charge is 2.22. The summed E-state index contributed by atoms with van der Waals surface area (Å²) in [7, 11) is 1.67. The molecule has 2 aromatic heterocycles. The molecular weight excluding hydrogens is 428 g/mol. The van der Waals surface area contributed by atoms with Crippen molar-refractivity contribution in [2.24, 2.45) is 0 Å². The predicted molar refractivity (Wildman–Crippen MR) is 133 cm³/mol. The van der Waals surface area contributed by atoms with Crippen LogP contribution in [0.3, 0.4) is 0 Å². The average Bonchev–Trinajstić information content (AvgIpc) is 3.55. The van der Waals surface area contributed by atoms with E-state index in [0.717, 1.165) is 59.9 Å². The SMILES string of the molecule is COc1cc(C)c(N2C=CN(c3cnn(C4CCNCC4)c3)C2)cc1OCc1ccc(C)nc1. The number of hydrogen-bond donors (Lipinski definition) is 1. The summed E-state index contributed by atoms with van der Waals surface area (Å²) in [6.07, 6.45) is 12.4. The number of anilines is 2. The average molecular weight is 461 g/mol. The van der Waals surface area contributed by atoms with Gasteiger partial charge in [-0.2, -0.15) is 5.10 Å². The number of pyridine rings is 1. The molecule has 2 aliphatic heterocycles. The first-order valence-electron chi connectivity index (χ1n) is 11.8. The van der Waals surface area contributed by atoms with Crippen LogP contribution in [0.2, 0.25) is 0 Å². The highest BCUT2D eigenvalue weighted by atomic mass is 16.5. The molecule has 3 aromatic rings. The van der Waals surface area contributed by atoms with Crippen LogP contribution in [0.5, 0.6) is 11.5 Å². The molecule has 0 saturated carbocycles. The number of aryl methyl sites for hydroxylation is 2. The molecule has 1 fully saturated rings. The second kappa shape index (κ2) is 9.77. The van der Waals surface area contributed by atoms with E-state index in [0.29, 0.717) is 25.1 Å². The van der Waals surface area contributed by atoms with Crippen molar-refractivity contribution in [2.45, 2.75) is 39.3 Å². The smallest absolute Gasteiger partial charge is 0.163 e. The zero-order valence-electron chi connectivity index (χ0n) is 20.1. The Morgan fingerprint density at radius 1 is 1.03 bits per heavy atom. The minimum atomic E-state index is 0.435. The summed E-state index contributed by atoms with van der Waals surface area (Å²) in [5.41, 5.74) is 5.32. The lowest BCUT2D eigenvalue weighted by Crippen LogP contribution is -2.29. The van der Waals surface area contributed by atoms with E-state index in [1.54, 1.807) is 7.11 Å². The molecule has 0 spiro atoms. The van der Waals surface area contributed by atoms with Gasteiger partial charge in [-0.25, -0.2) is 0 Å². The molecule has 1 aromatic carbocycles. The third-order valence-electron chi connectivity index (χ3n) is 6.49. The monoisotopic (exact) mass is 460 g/mol. The van der Waals surface area contributed by atoms with Crippen molar-refractivity contribution in [2.75, 3.05) is 36.7 Å². The summed E-state index contributed by atoms with van der Waals surface area (Å²) in [4.78, 5) is 8.79. The van der Waals surface area contributed by atoms with Crippen molar-refractivity contribution in [3.05, 3.63) is 72.1 Å². The van der Waals surface area contributed by atoms with Crippen molar-refractivity contribution in [1.82, 2.24) is 20.1 Å². The van der Waals surface area contributed by atoms with Gasteiger partial charge in [-0.15, -0.1) is 0 Å². The van der Waals surface area contributed by atoms with Crippen LogP contribution in [0.25, 0.3) is 0 Å². The summed E-state index contributed by atoms with van der Waals surface area (Å²) in [6, 6.07) is 8.60. The van der Waals surface area contributed by atoms with Gasteiger partial charge in [0.1, 0.15) is 6.61 Å². The van der Waals surface area contributed by atoms with Crippen molar-refractivity contribution in [3.8, 4) is 11.5 Å². The molecule has 5 rings (SSSR count). The van der Waals surface area contributed by atoms with Crippen LogP contribution in [0.15, 0.2) is 55.3 Å². The van der Waals surface area contributed by atoms with Crippen LogP contribution < -0.4 is 24.6 Å². The zero-order chi connectivity index (χ0) is 23.5. The second-order valence-corrected chi connectivity index (χ2v) is 8.92. The summed E-state index contributed by atoms with van der Waals surface area (Å²) in [5, 5.41) is 8.07. The third-order valence-corrected chi connectivity index (χ3v) is 6.49. The van der Waals surface area contributed by atoms with Gasteiger partial charge < -0.3 is 24.6 Å². The van der Waals surface area contributed by atoms with Crippen molar-refractivity contribution >= 4 is 11.4 Å². The standard InChI is InChI=1S/C26H32N6O2/c1-19-12-25(33-3)26(34-17-21-5-4-20(2)28-14-21)13-24(19)31-11-10-30(18-31)23-15-29-32(16-23)22-6-8-27-9-7-22/h4-5,10-16,22,27H,6-9,17-18H2,1-3H3. The lowest BCUT2D eigenvalue weighted by Gasteiger charge is -2.24. The molecule has 2 aliphatic rings. The molecule has 34 heavy (non-hydrogen) atoms. The lowest BCUT2D eigenvalue weighted by atomic mass is 10.1. The Kier molecular flexibility index (Phi) is 6.40. The van der Waals surface area contributed by atoms with Crippen molar-refractivity contribution in [1.29, 1.82) is 0 Å². The third kappa shape index (κ3) is 4.72. The molecule has 0 radical (unpaired) electrons. The molecule has 1 saturated heterocycles. The predicted octanol–water partition coefficient (Wildman–Crippen LogP) is 4.16. The second-order valence-electron chi connectivity index (χ2n) is 8.92. The minimum absolute atomic E-state index is 0.435. The van der Waals surface area contributed by atoms with E-state index in [1.165, 1.54) is 0 Å². The molecule has 0 amide bonds. The number of methoxy groups -OCH3 is 1. The van der Waals surface area contributed by atoms with Gasteiger partial charge in [0.15, 0.2) is 11.5 Å². The van der Waals surface area contributed by atoms with Gasteiger partial charge in [-0.05, 0) is 57.5 Å². The summed E-state index contributed by atoms with van der Waals surface area (Å²) in [6.45, 7) is 7.33. The highest BCUT2D eigenvalue weighted by Crippen LogP contribution is 2.37. The fourth-order valence-electron chi connectivity index (χ4n) is 4.47. The van der Waals surface area contributed by atoms with E-state index < -0.39 is 0 Å². The number of rotatable bonds is 7. The Balaban J connectivity index is 1.30. The highest BCUT2D eigenvalue weighted by molar-refractivity contribution is 5.66. The van der Waals surface area contributed by atoms with Gasteiger partial charge in [0, 0.05) is 47.8 Å². The maximum Gasteiger partial charge on any atom is 0.163 e. The molecule has 4 heterocycles. The number of nitrogens with zero attached hydrogens (tertiary/aromatic N) is 5. The number of nitrogens with one attached hydrogen (secondary N) is 1. The van der Waals surface area contributed by atoms with E-state index in [4.69, 9.17) is 9.47 Å². The maximum absolute atomic E-state index is 6.14. The quantitative estimate of drug-likeness (QED) is 0.568. The van der Waals surface area contributed by atoms with Crippen LogP contribution >= 0.6 is 0 Å². The van der Waals surface area contributed by atoms with Crippen LogP contribution in [-0.4, -0.2) is 41.6 Å². The molecular formula is C26H32N6O2. The first-order chi connectivity index (χ1) is 16.6. The Labute approximate surface area is 200 Å². The molecule has 8 nitrogen and oxygen atoms in total. The van der Waals surface area contributed by atoms with Crippen LogP contribution in [0, 0.1) is 13.8 Å². The van der Waals surface area contributed by atoms with E-state index in [9.17, 15) is 0 Å². The van der Waals surface area contributed by atoms with Gasteiger partial charge in [-0.3, -0.25) is 9.67 Å². The van der Waals surface area contributed by atoms with E-state index >= 15 is 0 Å². The fourth-order valence-corrected chi connectivity index (χ4v) is 4.47. The molecule has 0 aliphatic carbocycles. The van der Waals surface area contributed by atoms with Crippen LogP contribution in [-0.2, 0) is 6.61 Å². The van der Waals surface area contributed by atoms with Gasteiger partial charge in [0.05, 0.1) is 31.7 Å². The number of benzene rings is 1. The maximum atomic E-state index is 6.14. The van der Waals surface area contributed by atoms with Crippen molar-refractivity contribution in [3.63, 3.8) is 0 Å². The van der Waals surface area contributed by atoms with Gasteiger partial charge in [0.25, 0.3) is 0 Å². The summed E-state index contributed by atoms with van der Waals surface area (Å²) >= 11 is 0. The fraction of sp³-hybridized carbons (Fsp3) is 0.385. The first-order valence-corrected chi connectivity index (χ1v) is 11.8. The van der Waals surface area contributed by atoms with Gasteiger partial charge >= 0.3 is 0 Å². The minimum Gasteiger partial charge on any atom is -0.493 e. The van der Waals surface area contributed by atoms with Gasteiger partial charge in [0.2, 0.25) is 0 Å². The number of ether oxygens (including phenoxy) is 2. The normalized spacial score (nSPS) is 16.3. The molecule has 8 heteroatoms. The number of piperidine rings is 1. The zero-order valence-corrected chi connectivity index (χ0v) is 20.1. The van der Waals surface area contributed by atoms with E-state index in [-0.39, 0.29) is 0 Å². The summed E-state index contributed by atoms with van der Waals surface area (Å²) in [5.74, 6) is 1.44. The molecule has 0 bridgehead atoms. The summed E-state index contributed by atoms with van der Waals surface area (Å²) < 4.78 is 13.9. The van der Waals surface area contributed by atoms with E-state index in [1.807, 2.05) is 37.5 Å². The lowest BCUT2D eigenvalue weighted by molar-refractivity contribution is 0.284. The molecule has 0 unspecified atom stereocenters. The Hall–Kier alpha value is -3.52. The van der Waals surface area contributed by atoms with Crippen molar-refractivity contribution < 1.29 is 9.47 Å². The largest absolute Gasteiger partial charge is 0.493 e. The topological polar surface area (TPSA) is 67.7 Å². The van der Waals surface area contributed by atoms with Crippen LogP contribution in [0.4, 0.5) is 11.4 Å². The number of aromatic nitrogens is 3. The van der Waals surface area contributed by atoms with Crippen LogP contribution in [0.1, 0.15) is 35.7 Å². The molecule has 1 N–H and O–H groups in total. The molecule has 0 atom stereocenters.